The van der Waals surface area contributed by atoms with Crippen LogP contribution in [0.3, 0.4) is 0 Å². The smallest absolute Gasteiger partial charge is 0.230 e. The summed E-state index contributed by atoms with van der Waals surface area (Å²) in [6, 6.07) is 21.6. The minimum atomic E-state index is -0.599. The Kier molecular flexibility index (Phi) is 7.01. The van der Waals surface area contributed by atoms with Gasteiger partial charge in [0.05, 0.1) is 38.5 Å². The van der Waals surface area contributed by atoms with Crippen LogP contribution >= 0.6 is 0 Å². The van der Waals surface area contributed by atoms with E-state index >= 15 is 0 Å². The predicted octanol–water partition coefficient (Wildman–Crippen LogP) is 4.84. The van der Waals surface area contributed by atoms with Crippen molar-refractivity contribution in [2.75, 3.05) is 31.0 Å². The lowest BCUT2D eigenvalue weighted by molar-refractivity contribution is -0.122. The molecule has 0 saturated carbocycles. The lowest BCUT2D eigenvalue weighted by Crippen LogP contribution is -2.32. The molecule has 0 aromatic heterocycles. The molecule has 3 aromatic carbocycles. The van der Waals surface area contributed by atoms with Crippen molar-refractivity contribution in [1.82, 2.24) is 0 Å². The van der Waals surface area contributed by atoms with Crippen LogP contribution in [0.4, 0.5) is 11.4 Å². The molecule has 1 aliphatic heterocycles. The predicted molar refractivity (Wildman–Crippen MR) is 131 cm³/mol. The third kappa shape index (κ3) is 4.69. The second-order valence-corrected chi connectivity index (χ2v) is 7.91. The van der Waals surface area contributed by atoms with Crippen molar-refractivity contribution in [3.63, 3.8) is 0 Å². The summed E-state index contributed by atoms with van der Waals surface area (Å²) in [5, 5.41) is 2.98. The van der Waals surface area contributed by atoms with Crippen LogP contribution in [-0.4, -0.2) is 32.6 Å². The van der Waals surface area contributed by atoms with Crippen LogP contribution in [-0.2, 0) is 9.59 Å². The fraction of sp³-hybridized carbons (Fsp3) is 0.259. The van der Waals surface area contributed by atoms with E-state index in [1.807, 2.05) is 61.5 Å². The van der Waals surface area contributed by atoms with E-state index < -0.39 is 12.0 Å². The quantitative estimate of drug-likeness (QED) is 0.521. The Labute approximate surface area is 199 Å². The average molecular weight is 461 g/mol. The third-order valence-corrected chi connectivity index (χ3v) is 5.91. The van der Waals surface area contributed by atoms with Crippen molar-refractivity contribution >= 4 is 23.2 Å². The van der Waals surface area contributed by atoms with Gasteiger partial charge in [-0.1, -0.05) is 24.3 Å². The van der Waals surface area contributed by atoms with Gasteiger partial charge in [-0.25, -0.2) is 0 Å². The Morgan fingerprint density at radius 3 is 2.18 bits per heavy atom. The molecule has 1 heterocycles. The zero-order chi connectivity index (χ0) is 24.1. The van der Waals surface area contributed by atoms with Gasteiger partial charge in [-0.3, -0.25) is 9.59 Å². The van der Waals surface area contributed by atoms with Crippen LogP contribution in [0.2, 0.25) is 0 Å². The van der Waals surface area contributed by atoms with Crippen molar-refractivity contribution in [3.8, 4) is 17.2 Å². The van der Waals surface area contributed by atoms with Gasteiger partial charge in [-0.2, -0.15) is 0 Å². The van der Waals surface area contributed by atoms with Gasteiger partial charge in [0.15, 0.2) is 0 Å². The highest BCUT2D eigenvalue weighted by atomic mass is 16.5. The number of carbonyl (C=O) groups excluding carboxylic acids is 2. The van der Waals surface area contributed by atoms with Gasteiger partial charge in [0, 0.05) is 12.1 Å². The monoisotopic (exact) mass is 460 g/mol. The molecule has 1 saturated heterocycles. The first kappa shape index (κ1) is 23.2. The number of para-hydroxylation sites is 2. The van der Waals surface area contributed by atoms with Crippen molar-refractivity contribution in [1.29, 1.82) is 0 Å². The van der Waals surface area contributed by atoms with Crippen LogP contribution in [0, 0.1) is 5.92 Å². The standard InChI is InChI=1S/C27H28N2O5/c1-4-34-24-8-6-5-7-23(24)28-27(31)22-17-25(30)29(19-11-15-21(33-3)16-12-19)26(22)18-9-13-20(32-2)14-10-18/h5-16,22,26H,4,17H2,1-3H3,(H,28,31)/t22-,26-/m0/s1. The average Bonchev–Trinajstić information content (AvgIpc) is 3.22. The van der Waals surface area contributed by atoms with Crippen molar-refractivity contribution < 1.29 is 23.8 Å². The number of carbonyl (C=O) groups is 2. The zero-order valence-corrected chi connectivity index (χ0v) is 19.5. The molecule has 0 spiro atoms. The Morgan fingerprint density at radius 2 is 1.56 bits per heavy atom. The van der Waals surface area contributed by atoms with Crippen molar-refractivity contribution in [2.45, 2.75) is 19.4 Å². The van der Waals surface area contributed by atoms with E-state index in [0.717, 1.165) is 5.56 Å². The van der Waals surface area contributed by atoms with E-state index in [0.29, 0.717) is 35.2 Å². The second kappa shape index (κ2) is 10.3. The molecule has 0 radical (unpaired) electrons. The van der Waals surface area contributed by atoms with Crippen LogP contribution in [0.25, 0.3) is 0 Å². The van der Waals surface area contributed by atoms with E-state index in [2.05, 4.69) is 5.32 Å². The molecular weight excluding hydrogens is 432 g/mol. The highest BCUT2D eigenvalue weighted by molar-refractivity contribution is 6.05. The summed E-state index contributed by atoms with van der Waals surface area (Å²) in [7, 11) is 3.19. The molecule has 1 aliphatic rings. The molecule has 4 rings (SSSR count). The Hall–Kier alpha value is -4.00. The summed E-state index contributed by atoms with van der Waals surface area (Å²) in [4.78, 5) is 28.4. The van der Waals surface area contributed by atoms with Gasteiger partial charge < -0.3 is 24.4 Å². The minimum Gasteiger partial charge on any atom is -0.497 e. The summed E-state index contributed by atoms with van der Waals surface area (Å²) in [6.45, 7) is 2.37. The first-order valence-electron chi connectivity index (χ1n) is 11.2. The number of ether oxygens (including phenoxy) is 3. The number of benzene rings is 3. The number of nitrogens with one attached hydrogen (secondary N) is 1. The van der Waals surface area contributed by atoms with E-state index in [9.17, 15) is 9.59 Å². The number of rotatable bonds is 8. The van der Waals surface area contributed by atoms with Gasteiger partial charge in [0.25, 0.3) is 0 Å². The maximum absolute atomic E-state index is 13.5. The first-order valence-corrected chi connectivity index (χ1v) is 11.2. The van der Waals surface area contributed by atoms with Gasteiger partial charge in [0.2, 0.25) is 11.8 Å². The first-order chi connectivity index (χ1) is 16.5. The van der Waals surface area contributed by atoms with E-state index in [1.165, 1.54) is 0 Å². The largest absolute Gasteiger partial charge is 0.497 e. The third-order valence-electron chi connectivity index (χ3n) is 5.91. The second-order valence-electron chi connectivity index (χ2n) is 7.91. The fourth-order valence-electron chi connectivity index (χ4n) is 4.28. The molecule has 34 heavy (non-hydrogen) atoms. The van der Waals surface area contributed by atoms with Crippen molar-refractivity contribution in [2.24, 2.45) is 5.92 Å². The van der Waals surface area contributed by atoms with Gasteiger partial charge in [-0.05, 0) is 61.0 Å². The van der Waals surface area contributed by atoms with E-state index in [4.69, 9.17) is 14.2 Å². The summed E-state index contributed by atoms with van der Waals surface area (Å²) < 4.78 is 16.2. The summed E-state index contributed by atoms with van der Waals surface area (Å²) in [6.07, 6.45) is 0.0887. The molecule has 176 valence electrons. The van der Waals surface area contributed by atoms with Gasteiger partial charge in [0.1, 0.15) is 17.2 Å². The molecule has 1 fully saturated rings. The maximum atomic E-state index is 13.5. The number of hydrogen-bond donors (Lipinski definition) is 1. The summed E-state index contributed by atoms with van der Waals surface area (Å²) in [5.74, 6) is 1.03. The maximum Gasteiger partial charge on any atom is 0.230 e. The Balaban J connectivity index is 1.70. The SMILES string of the molecule is CCOc1ccccc1NC(=O)[C@H]1CC(=O)N(c2ccc(OC)cc2)[C@H]1c1ccc(OC)cc1. The van der Waals surface area contributed by atoms with Gasteiger partial charge in [-0.15, -0.1) is 0 Å². The lowest BCUT2D eigenvalue weighted by atomic mass is 9.92. The normalized spacial score (nSPS) is 17.4. The molecule has 0 aliphatic carbocycles. The molecule has 2 atom stereocenters. The number of methoxy groups -OCH3 is 2. The topological polar surface area (TPSA) is 77.1 Å². The molecule has 2 amide bonds. The highest BCUT2D eigenvalue weighted by Gasteiger charge is 2.45. The summed E-state index contributed by atoms with van der Waals surface area (Å²) >= 11 is 0. The Morgan fingerprint density at radius 1 is 0.941 bits per heavy atom. The number of amides is 2. The van der Waals surface area contributed by atoms with Crippen molar-refractivity contribution in [3.05, 3.63) is 78.4 Å². The van der Waals surface area contributed by atoms with Crippen LogP contribution < -0.4 is 24.4 Å². The van der Waals surface area contributed by atoms with Crippen LogP contribution in [0.1, 0.15) is 24.9 Å². The fourth-order valence-corrected chi connectivity index (χ4v) is 4.28. The van der Waals surface area contributed by atoms with E-state index in [-0.39, 0.29) is 18.2 Å². The molecule has 7 heteroatoms. The number of anilines is 2. The Bertz CT molecular complexity index is 1140. The van der Waals surface area contributed by atoms with Crippen LogP contribution in [0.5, 0.6) is 17.2 Å². The molecule has 0 unspecified atom stereocenters. The molecule has 7 nitrogen and oxygen atoms in total. The lowest BCUT2D eigenvalue weighted by Gasteiger charge is -2.29. The van der Waals surface area contributed by atoms with E-state index in [1.54, 1.807) is 37.3 Å². The zero-order valence-electron chi connectivity index (χ0n) is 19.5. The molecule has 1 N–H and O–H groups in total. The highest BCUT2D eigenvalue weighted by Crippen LogP contribution is 2.43. The molecular formula is C27H28N2O5. The number of hydrogen-bond acceptors (Lipinski definition) is 5. The molecule has 0 bridgehead atoms. The summed E-state index contributed by atoms with van der Waals surface area (Å²) in [5.41, 5.74) is 2.13. The van der Waals surface area contributed by atoms with Gasteiger partial charge >= 0.3 is 0 Å². The van der Waals surface area contributed by atoms with Crippen LogP contribution in [0.15, 0.2) is 72.8 Å². The molecule has 3 aromatic rings. The minimum absolute atomic E-state index is 0.0887. The number of nitrogens with zero attached hydrogens (tertiary/aromatic N) is 1.